The first-order valence-electron chi connectivity index (χ1n) is 10.4. The summed E-state index contributed by atoms with van der Waals surface area (Å²) in [6.07, 6.45) is -6.76. The van der Waals surface area contributed by atoms with Crippen molar-refractivity contribution in [2.75, 3.05) is 13.1 Å². The predicted molar refractivity (Wildman–Crippen MR) is 104 cm³/mol. The normalized spacial score (nSPS) is 23.3. The average molecular weight is 468 g/mol. The number of alkyl halides is 6. The number of carbonyl (C=O) groups excluding carboxylic acids is 1. The zero-order chi connectivity index (χ0) is 23.5. The van der Waals surface area contributed by atoms with Crippen molar-refractivity contribution in [2.45, 2.75) is 31.1 Å². The Morgan fingerprint density at radius 3 is 2.21 bits per heavy atom. The fraction of sp³-hybridized carbons (Fsp3) is 0.409. The molecule has 3 atom stereocenters. The van der Waals surface area contributed by atoms with Crippen LogP contribution in [-0.4, -0.2) is 38.5 Å². The highest BCUT2D eigenvalue weighted by Crippen LogP contribution is 2.49. The van der Waals surface area contributed by atoms with Crippen LogP contribution >= 0.6 is 0 Å². The van der Waals surface area contributed by atoms with Crippen LogP contribution in [0.4, 0.5) is 26.3 Å². The van der Waals surface area contributed by atoms with Gasteiger partial charge in [0.15, 0.2) is 5.65 Å². The van der Waals surface area contributed by atoms with Gasteiger partial charge in [-0.3, -0.25) is 9.20 Å². The van der Waals surface area contributed by atoms with Crippen LogP contribution in [-0.2, 0) is 12.4 Å². The van der Waals surface area contributed by atoms with Gasteiger partial charge in [-0.25, -0.2) is 0 Å². The van der Waals surface area contributed by atoms with Gasteiger partial charge < -0.3 is 4.90 Å². The largest absolute Gasteiger partial charge is 0.416 e. The molecule has 5 nitrogen and oxygen atoms in total. The molecule has 1 aromatic carbocycles. The van der Waals surface area contributed by atoms with E-state index in [2.05, 4.69) is 10.2 Å². The van der Waals surface area contributed by atoms with E-state index < -0.39 is 29.4 Å². The molecule has 1 aliphatic carbocycles. The number of hydrogen-bond acceptors (Lipinski definition) is 3. The van der Waals surface area contributed by atoms with Crippen molar-refractivity contribution in [2.24, 2.45) is 11.8 Å². The maximum atomic E-state index is 13.4. The summed E-state index contributed by atoms with van der Waals surface area (Å²) in [5.41, 5.74) is -1.30. The number of nitrogens with zero attached hydrogens (tertiary/aromatic N) is 4. The molecule has 1 aliphatic heterocycles. The highest BCUT2D eigenvalue weighted by molar-refractivity contribution is 5.91. The van der Waals surface area contributed by atoms with Gasteiger partial charge in [-0.1, -0.05) is 18.2 Å². The van der Waals surface area contributed by atoms with Crippen LogP contribution in [0.25, 0.3) is 5.65 Å². The lowest BCUT2D eigenvalue weighted by atomic mass is 9.91. The summed E-state index contributed by atoms with van der Waals surface area (Å²) in [6, 6.07) is 7.28. The molecule has 1 amide bonds. The van der Waals surface area contributed by atoms with Gasteiger partial charge in [0.1, 0.15) is 0 Å². The van der Waals surface area contributed by atoms with Crippen molar-refractivity contribution < 1.29 is 31.1 Å². The molecular formula is C22H18F6N4O. The van der Waals surface area contributed by atoms with Gasteiger partial charge in [0.05, 0.1) is 11.1 Å². The van der Waals surface area contributed by atoms with E-state index in [1.807, 2.05) is 0 Å². The van der Waals surface area contributed by atoms with E-state index in [9.17, 15) is 31.1 Å². The predicted octanol–water partition coefficient (Wildman–Crippen LogP) is 5.03. The van der Waals surface area contributed by atoms with Gasteiger partial charge >= 0.3 is 12.4 Å². The minimum Gasteiger partial charge on any atom is -0.335 e. The van der Waals surface area contributed by atoms with Crippen molar-refractivity contribution in [1.82, 2.24) is 19.5 Å². The van der Waals surface area contributed by atoms with E-state index in [1.54, 1.807) is 11.0 Å². The molecule has 2 fully saturated rings. The molecule has 3 aromatic rings. The molecule has 1 saturated heterocycles. The van der Waals surface area contributed by atoms with E-state index in [0.717, 1.165) is 24.4 Å². The quantitative estimate of drug-likeness (QED) is 0.496. The number of rotatable bonds is 2. The Morgan fingerprint density at radius 1 is 0.909 bits per heavy atom. The number of pyridine rings is 1. The van der Waals surface area contributed by atoms with E-state index >= 15 is 0 Å². The van der Waals surface area contributed by atoms with E-state index in [1.165, 1.54) is 16.5 Å². The lowest BCUT2D eigenvalue weighted by Gasteiger charge is -2.21. The van der Waals surface area contributed by atoms with E-state index in [-0.39, 0.29) is 29.2 Å². The van der Waals surface area contributed by atoms with Gasteiger partial charge in [0, 0.05) is 19.3 Å². The smallest absolute Gasteiger partial charge is 0.335 e. The topological polar surface area (TPSA) is 50.5 Å². The zero-order valence-electron chi connectivity index (χ0n) is 17.1. The molecule has 0 unspecified atom stereocenters. The molecule has 0 N–H and O–H groups in total. The number of hydrogen-bond donors (Lipinski definition) is 0. The van der Waals surface area contributed by atoms with Gasteiger partial charge in [0.25, 0.3) is 5.91 Å². The van der Waals surface area contributed by atoms with Crippen LogP contribution in [0.5, 0.6) is 0 Å². The fourth-order valence-electron chi connectivity index (χ4n) is 5.19. The maximum absolute atomic E-state index is 13.4. The molecule has 3 heterocycles. The summed E-state index contributed by atoms with van der Waals surface area (Å²) in [7, 11) is 0. The SMILES string of the molecule is O=C(c1nnc2cc(C(F)(F)F)ccn12)N1C[C@H]2C[C@@H](c3ccccc3C(F)(F)F)C[C@H]2C1. The maximum Gasteiger partial charge on any atom is 0.416 e. The summed E-state index contributed by atoms with van der Waals surface area (Å²) in [6.45, 7) is 0.730. The van der Waals surface area contributed by atoms with Crippen molar-refractivity contribution in [3.8, 4) is 0 Å². The molecule has 11 heteroatoms. The molecule has 2 aromatic heterocycles. The number of benzene rings is 1. The van der Waals surface area contributed by atoms with Gasteiger partial charge in [0.2, 0.25) is 5.82 Å². The van der Waals surface area contributed by atoms with Crippen LogP contribution in [0.1, 0.15) is 46.1 Å². The van der Waals surface area contributed by atoms with Gasteiger partial charge in [-0.2, -0.15) is 26.3 Å². The third kappa shape index (κ3) is 3.83. The highest BCUT2D eigenvalue weighted by atomic mass is 19.4. The molecule has 33 heavy (non-hydrogen) atoms. The summed E-state index contributed by atoms with van der Waals surface area (Å²) >= 11 is 0. The van der Waals surface area contributed by atoms with Gasteiger partial charge in [-0.05, 0) is 54.4 Å². The fourth-order valence-corrected chi connectivity index (χ4v) is 5.19. The molecule has 5 rings (SSSR count). The number of amides is 1. The van der Waals surface area contributed by atoms with E-state index in [0.29, 0.717) is 31.5 Å². The number of aromatic nitrogens is 3. The summed E-state index contributed by atoms with van der Waals surface area (Å²) in [5, 5.41) is 7.49. The minimum atomic E-state index is -4.54. The van der Waals surface area contributed by atoms with Gasteiger partial charge in [-0.15, -0.1) is 10.2 Å². The molecule has 1 saturated carbocycles. The number of likely N-dealkylation sites (tertiary alicyclic amines) is 1. The molecule has 0 radical (unpaired) electrons. The monoisotopic (exact) mass is 468 g/mol. The first-order chi connectivity index (χ1) is 15.5. The highest BCUT2D eigenvalue weighted by Gasteiger charge is 2.45. The molecule has 174 valence electrons. The third-order valence-corrected chi connectivity index (χ3v) is 6.67. The first kappa shape index (κ1) is 21.7. The number of halogens is 6. The standard InChI is InChI=1S/C22H18F6N4O/c23-21(24,25)15-5-6-32-18(9-15)29-30-19(32)20(33)31-10-13-7-12(8-14(13)11-31)16-3-1-2-4-17(16)22(26,27)28/h1-6,9,12-14H,7-8,10-11H2/t12-,13-,14+. The Labute approximate surface area is 184 Å². The Kier molecular flexibility index (Phi) is 4.91. The summed E-state index contributed by atoms with van der Waals surface area (Å²) in [4.78, 5) is 14.6. The van der Waals surface area contributed by atoms with Crippen molar-refractivity contribution in [1.29, 1.82) is 0 Å². The number of fused-ring (bicyclic) bond motifs is 2. The molecular weight excluding hydrogens is 450 g/mol. The van der Waals surface area contributed by atoms with Crippen LogP contribution < -0.4 is 0 Å². The second-order valence-corrected chi connectivity index (χ2v) is 8.65. The molecule has 0 bridgehead atoms. The van der Waals surface area contributed by atoms with Crippen LogP contribution in [0.2, 0.25) is 0 Å². The summed E-state index contributed by atoms with van der Waals surface area (Å²) in [5.74, 6) is -0.668. The Morgan fingerprint density at radius 2 is 1.58 bits per heavy atom. The average Bonchev–Trinajstić information content (AvgIpc) is 3.44. The molecule has 0 spiro atoms. The van der Waals surface area contributed by atoms with Crippen molar-refractivity contribution in [3.63, 3.8) is 0 Å². The third-order valence-electron chi connectivity index (χ3n) is 6.67. The van der Waals surface area contributed by atoms with E-state index in [4.69, 9.17) is 0 Å². The second kappa shape index (κ2) is 7.46. The Hall–Kier alpha value is -3.11. The van der Waals surface area contributed by atoms with Crippen molar-refractivity contribution >= 4 is 11.6 Å². The lowest BCUT2D eigenvalue weighted by molar-refractivity contribution is -0.138. The first-order valence-corrected chi connectivity index (χ1v) is 10.4. The minimum absolute atomic E-state index is 0.0521. The lowest BCUT2D eigenvalue weighted by Crippen LogP contribution is -2.31. The number of carbonyl (C=O) groups is 1. The molecule has 2 aliphatic rings. The Balaban J connectivity index is 1.32. The van der Waals surface area contributed by atoms with Crippen LogP contribution in [0.3, 0.4) is 0 Å². The van der Waals surface area contributed by atoms with Crippen LogP contribution in [0, 0.1) is 11.8 Å². The second-order valence-electron chi connectivity index (χ2n) is 8.65. The zero-order valence-corrected chi connectivity index (χ0v) is 17.1. The van der Waals surface area contributed by atoms with Crippen molar-refractivity contribution in [3.05, 3.63) is 65.1 Å². The Bertz CT molecular complexity index is 1200. The van der Waals surface area contributed by atoms with Crippen LogP contribution in [0.15, 0.2) is 42.6 Å². The summed E-state index contributed by atoms with van der Waals surface area (Å²) < 4.78 is 80.2.